The third-order valence-corrected chi connectivity index (χ3v) is 5.62. The molecule has 130 valence electrons. The molecular weight excluding hydrogens is 324 g/mol. The van der Waals surface area contributed by atoms with Gasteiger partial charge in [0.05, 0.1) is 19.7 Å². The van der Waals surface area contributed by atoms with Gasteiger partial charge in [-0.25, -0.2) is 0 Å². The normalized spacial score (nSPS) is 18.9. The number of carbonyl (C=O) groups excluding carboxylic acids is 1. The molecule has 2 atom stereocenters. The number of carbonyl (C=O) groups is 1. The number of benzene rings is 1. The predicted octanol–water partition coefficient (Wildman–Crippen LogP) is 3.06. The minimum Gasteiger partial charge on any atom is -0.493 e. The minimum absolute atomic E-state index is 0.0225. The van der Waals surface area contributed by atoms with Gasteiger partial charge in [-0.2, -0.15) is 11.8 Å². The number of amides is 1. The molecule has 0 aliphatic carbocycles. The van der Waals surface area contributed by atoms with Crippen LogP contribution in [0.2, 0.25) is 0 Å². The van der Waals surface area contributed by atoms with E-state index in [-0.39, 0.29) is 11.9 Å². The quantitative estimate of drug-likeness (QED) is 0.869. The maximum absolute atomic E-state index is 12.3. The Labute approximate surface area is 146 Å². The van der Waals surface area contributed by atoms with Crippen molar-refractivity contribution in [2.24, 2.45) is 0 Å². The Morgan fingerprint density at radius 1 is 1.54 bits per heavy atom. The molecule has 2 aromatic rings. The van der Waals surface area contributed by atoms with Crippen molar-refractivity contribution in [3.8, 4) is 5.75 Å². The number of hydrogen-bond donors (Lipinski definition) is 1. The standard InChI is InChI=1S/C18H24N2O3S/c1-12(19-17(21)10-20(2)14-7-8-24-11-14)16-9-13-5-4-6-15(22-3)18(13)23-16/h4-6,9,12,14H,7-8,10-11H2,1-3H3,(H,19,21)/t12-,14-/m0/s1. The van der Waals surface area contributed by atoms with Gasteiger partial charge >= 0.3 is 0 Å². The average molecular weight is 348 g/mol. The van der Waals surface area contributed by atoms with Crippen molar-refractivity contribution in [2.45, 2.75) is 25.4 Å². The van der Waals surface area contributed by atoms with E-state index in [1.165, 1.54) is 5.75 Å². The summed E-state index contributed by atoms with van der Waals surface area (Å²) in [6.07, 6.45) is 1.16. The van der Waals surface area contributed by atoms with E-state index < -0.39 is 0 Å². The molecule has 1 N–H and O–H groups in total. The molecular formula is C18H24N2O3S. The fraction of sp³-hybridized carbons (Fsp3) is 0.500. The van der Waals surface area contributed by atoms with Crippen molar-refractivity contribution in [3.63, 3.8) is 0 Å². The molecule has 5 nitrogen and oxygen atoms in total. The van der Waals surface area contributed by atoms with Crippen LogP contribution in [0, 0.1) is 0 Å². The summed E-state index contributed by atoms with van der Waals surface area (Å²) < 4.78 is 11.2. The van der Waals surface area contributed by atoms with Crippen molar-refractivity contribution in [1.82, 2.24) is 10.2 Å². The van der Waals surface area contributed by atoms with Gasteiger partial charge in [0.2, 0.25) is 5.91 Å². The molecule has 3 rings (SSSR count). The topological polar surface area (TPSA) is 54.7 Å². The van der Waals surface area contributed by atoms with Gasteiger partial charge in [-0.1, -0.05) is 12.1 Å². The summed E-state index contributed by atoms with van der Waals surface area (Å²) in [4.78, 5) is 14.4. The Hall–Kier alpha value is -1.66. The Morgan fingerprint density at radius 3 is 3.08 bits per heavy atom. The van der Waals surface area contributed by atoms with E-state index in [4.69, 9.17) is 9.15 Å². The van der Waals surface area contributed by atoms with Crippen molar-refractivity contribution in [1.29, 1.82) is 0 Å². The number of methoxy groups -OCH3 is 1. The third-order valence-electron chi connectivity index (χ3n) is 4.47. The second-order valence-corrected chi connectivity index (χ2v) is 7.40. The lowest BCUT2D eigenvalue weighted by atomic mass is 10.2. The van der Waals surface area contributed by atoms with Crippen molar-refractivity contribution in [2.75, 3.05) is 32.2 Å². The molecule has 1 aliphatic rings. The van der Waals surface area contributed by atoms with E-state index in [1.807, 2.05) is 50.0 Å². The van der Waals surface area contributed by atoms with E-state index in [2.05, 4.69) is 10.2 Å². The molecule has 6 heteroatoms. The van der Waals surface area contributed by atoms with Crippen LogP contribution >= 0.6 is 11.8 Å². The number of furan rings is 1. The molecule has 0 saturated carbocycles. The first kappa shape index (κ1) is 17.2. The Bertz CT molecular complexity index is 709. The number of rotatable bonds is 6. The second kappa shape index (κ2) is 7.49. The number of nitrogens with one attached hydrogen (secondary N) is 1. The van der Waals surface area contributed by atoms with Gasteiger partial charge in [-0.3, -0.25) is 9.69 Å². The fourth-order valence-corrected chi connectivity index (χ4v) is 4.31. The number of nitrogens with zero attached hydrogens (tertiary/aromatic N) is 1. The first-order chi connectivity index (χ1) is 11.6. The van der Waals surface area contributed by atoms with Crippen LogP contribution in [0.1, 0.15) is 25.1 Å². The van der Waals surface area contributed by atoms with Gasteiger partial charge in [0, 0.05) is 17.2 Å². The minimum atomic E-state index is -0.180. The molecule has 0 unspecified atom stereocenters. The van der Waals surface area contributed by atoms with Gasteiger partial charge in [0.25, 0.3) is 0 Å². The maximum atomic E-state index is 12.3. The number of para-hydroxylation sites is 1. The fourth-order valence-electron chi connectivity index (χ4n) is 3.01. The zero-order valence-electron chi connectivity index (χ0n) is 14.4. The van der Waals surface area contributed by atoms with Crippen LogP contribution < -0.4 is 10.1 Å². The molecule has 1 fully saturated rings. The highest BCUT2D eigenvalue weighted by Gasteiger charge is 2.23. The van der Waals surface area contributed by atoms with E-state index >= 15 is 0 Å². The van der Waals surface area contributed by atoms with Crippen LogP contribution in [-0.2, 0) is 4.79 Å². The SMILES string of the molecule is COc1cccc2cc([C@H](C)NC(=O)CN(C)[C@H]3CCSC3)oc12. The summed E-state index contributed by atoms with van der Waals surface area (Å²) >= 11 is 1.95. The predicted molar refractivity (Wildman–Crippen MR) is 97.7 cm³/mol. The summed E-state index contributed by atoms with van der Waals surface area (Å²) in [5, 5.41) is 4.00. The summed E-state index contributed by atoms with van der Waals surface area (Å²) in [6, 6.07) is 8.06. The number of hydrogen-bond acceptors (Lipinski definition) is 5. The van der Waals surface area contributed by atoms with Gasteiger partial charge in [-0.15, -0.1) is 0 Å². The second-order valence-electron chi connectivity index (χ2n) is 6.25. The highest BCUT2D eigenvalue weighted by Crippen LogP contribution is 2.30. The Morgan fingerprint density at radius 2 is 2.38 bits per heavy atom. The van der Waals surface area contributed by atoms with E-state index in [1.54, 1.807) is 7.11 Å². The molecule has 1 aromatic heterocycles. The van der Waals surface area contributed by atoms with Crippen LogP contribution in [0.3, 0.4) is 0 Å². The van der Waals surface area contributed by atoms with Gasteiger partial charge in [0.1, 0.15) is 5.76 Å². The van der Waals surface area contributed by atoms with Crippen LogP contribution in [0.15, 0.2) is 28.7 Å². The molecule has 0 bridgehead atoms. The molecule has 1 amide bonds. The Balaban J connectivity index is 1.63. The zero-order valence-corrected chi connectivity index (χ0v) is 15.2. The largest absolute Gasteiger partial charge is 0.493 e. The van der Waals surface area contributed by atoms with Crippen LogP contribution in [0.4, 0.5) is 0 Å². The van der Waals surface area contributed by atoms with Crippen LogP contribution in [0.5, 0.6) is 5.75 Å². The Kier molecular flexibility index (Phi) is 5.36. The maximum Gasteiger partial charge on any atom is 0.234 e. The van der Waals surface area contributed by atoms with E-state index in [0.29, 0.717) is 18.3 Å². The van der Waals surface area contributed by atoms with Crippen molar-refractivity contribution < 1.29 is 13.9 Å². The number of fused-ring (bicyclic) bond motifs is 1. The number of likely N-dealkylation sites (N-methyl/N-ethyl adjacent to an activating group) is 1. The molecule has 1 aromatic carbocycles. The van der Waals surface area contributed by atoms with Crippen LogP contribution in [-0.4, -0.2) is 49.1 Å². The molecule has 1 saturated heterocycles. The monoisotopic (exact) mass is 348 g/mol. The highest BCUT2D eigenvalue weighted by molar-refractivity contribution is 7.99. The first-order valence-electron chi connectivity index (χ1n) is 8.22. The summed E-state index contributed by atoms with van der Waals surface area (Å²) in [7, 11) is 3.64. The van der Waals surface area contributed by atoms with Gasteiger partial charge in [-0.05, 0) is 38.3 Å². The van der Waals surface area contributed by atoms with Crippen molar-refractivity contribution >= 4 is 28.6 Å². The molecule has 0 radical (unpaired) electrons. The zero-order chi connectivity index (χ0) is 17.1. The summed E-state index contributed by atoms with van der Waals surface area (Å²) in [5.41, 5.74) is 0.719. The smallest absolute Gasteiger partial charge is 0.234 e. The van der Waals surface area contributed by atoms with E-state index in [0.717, 1.165) is 28.9 Å². The number of ether oxygens (including phenoxy) is 1. The van der Waals surface area contributed by atoms with Gasteiger partial charge in [0.15, 0.2) is 11.3 Å². The van der Waals surface area contributed by atoms with Crippen molar-refractivity contribution in [3.05, 3.63) is 30.0 Å². The molecule has 0 spiro atoms. The lowest BCUT2D eigenvalue weighted by Gasteiger charge is -2.23. The molecule has 1 aliphatic heterocycles. The lowest BCUT2D eigenvalue weighted by Crippen LogP contribution is -2.41. The van der Waals surface area contributed by atoms with Gasteiger partial charge < -0.3 is 14.5 Å². The van der Waals surface area contributed by atoms with E-state index in [9.17, 15) is 4.79 Å². The van der Waals surface area contributed by atoms with Crippen LogP contribution in [0.25, 0.3) is 11.0 Å². The summed E-state index contributed by atoms with van der Waals surface area (Å²) in [6.45, 7) is 2.35. The molecule has 2 heterocycles. The summed E-state index contributed by atoms with van der Waals surface area (Å²) in [5.74, 6) is 3.77. The lowest BCUT2D eigenvalue weighted by molar-refractivity contribution is -0.123. The average Bonchev–Trinajstić information content (AvgIpc) is 3.23. The number of thioether (sulfide) groups is 1. The molecule has 24 heavy (non-hydrogen) atoms. The first-order valence-corrected chi connectivity index (χ1v) is 9.37. The third kappa shape index (κ3) is 3.70. The highest BCUT2D eigenvalue weighted by atomic mass is 32.2.